The summed E-state index contributed by atoms with van der Waals surface area (Å²) in [4.78, 5) is 0. The Morgan fingerprint density at radius 1 is 1.41 bits per heavy atom. The van der Waals surface area contributed by atoms with Crippen molar-refractivity contribution in [1.82, 2.24) is 0 Å². The van der Waals surface area contributed by atoms with Crippen molar-refractivity contribution in [2.45, 2.75) is 44.2 Å². The first-order valence-corrected chi connectivity index (χ1v) is 7.15. The summed E-state index contributed by atoms with van der Waals surface area (Å²) in [7, 11) is 0. The van der Waals surface area contributed by atoms with Gasteiger partial charge in [0.15, 0.2) is 0 Å². The highest BCUT2D eigenvalue weighted by molar-refractivity contribution is 9.10. The average Bonchev–Trinajstić information content (AvgIpc) is 2.30. The highest BCUT2D eigenvalue weighted by Crippen LogP contribution is 2.19. The van der Waals surface area contributed by atoms with Crippen LogP contribution in [0.25, 0.3) is 0 Å². The van der Waals surface area contributed by atoms with Crippen molar-refractivity contribution in [3.63, 3.8) is 0 Å². The molecule has 0 radical (unpaired) electrons. The Morgan fingerprint density at radius 2 is 2.29 bits per heavy atom. The third-order valence-corrected chi connectivity index (χ3v) is 3.72. The normalized spacial score (nSPS) is 22.4. The lowest BCUT2D eigenvalue weighted by molar-refractivity contribution is 0.00747. The van der Waals surface area contributed by atoms with Gasteiger partial charge in [0.1, 0.15) is 0 Å². The topological polar surface area (TPSA) is 35.2 Å². The van der Waals surface area contributed by atoms with Gasteiger partial charge in [0, 0.05) is 17.1 Å². The minimum Gasteiger partial charge on any atom is -0.378 e. The maximum absolute atomic E-state index is 6.19. The SMILES string of the molecule is NC(Cc1cccc(Br)c1)CC1CCCCO1. The molecule has 1 aromatic rings. The van der Waals surface area contributed by atoms with Crippen molar-refractivity contribution in [2.75, 3.05) is 6.61 Å². The van der Waals surface area contributed by atoms with Gasteiger partial charge in [0.25, 0.3) is 0 Å². The lowest BCUT2D eigenvalue weighted by Gasteiger charge is -2.25. The molecule has 2 N–H and O–H groups in total. The Kier molecular flexibility index (Phi) is 5.01. The fourth-order valence-electron chi connectivity index (χ4n) is 2.38. The van der Waals surface area contributed by atoms with Crippen LogP contribution in [0, 0.1) is 0 Å². The van der Waals surface area contributed by atoms with Crippen molar-refractivity contribution in [3.05, 3.63) is 34.3 Å². The predicted octanol–water partition coefficient (Wildman–Crippen LogP) is 3.28. The van der Waals surface area contributed by atoms with E-state index in [2.05, 4.69) is 34.1 Å². The third kappa shape index (κ3) is 4.41. The van der Waals surface area contributed by atoms with Crippen molar-refractivity contribution in [1.29, 1.82) is 0 Å². The van der Waals surface area contributed by atoms with E-state index in [0.29, 0.717) is 6.10 Å². The summed E-state index contributed by atoms with van der Waals surface area (Å²) in [6.07, 6.45) is 5.95. The summed E-state index contributed by atoms with van der Waals surface area (Å²) in [6.45, 7) is 0.911. The summed E-state index contributed by atoms with van der Waals surface area (Å²) >= 11 is 3.49. The molecule has 0 amide bonds. The van der Waals surface area contributed by atoms with Gasteiger partial charge in [-0.05, 0) is 49.8 Å². The Balaban J connectivity index is 1.82. The van der Waals surface area contributed by atoms with Gasteiger partial charge >= 0.3 is 0 Å². The molecule has 0 bridgehead atoms. The predicted molar refractivity (Wildman–Crippen MR) is 74.0 cm³/mol. The molecule has 1 fully saturated rings. The van der Waals surface area contributed by atoms with E-state index in [1.165, 1.54) is 24.8 Å². The molecule has 0 aliphatic carbocycles. The van der Waals surface area contributed by atoms with Crippen molar-refractivity contribution >= 4 is 15.9 Å². The van der Waals surface area contributed by atoms with Gasteiger partial charge in [-0.2, -0.15) is 0 Å². The number of hydrogen-bond acceptors (Lipinski definition) is 2. The second-order valence-corrected chi connectivity index (χ2v) is 5.73. The molecule has 3 heteroatoms. The number of halogens is 1. The van der Waals surface area contributed by atoms with E-state index in [1.807, 2.05) is 6.07 Å². The number of benzene rings is 1. The first-order chi connectivity index (χ1) is 8.24. The zero-order valence-corrected chi connectivity index (χ0v) is 11.7. The summed E-state index contributed by atoms with van der Waals surface area (Å²) < 4.78 is 6.84. The number of rotatable bonds is 4. The fourth-order valence-corrected chi connectivity index (χ4v) is 2.83. The molecule has 1 aromatic carbocycles. The van der Waals surface area contributed by atoms with Crippen molar-refractivity contribution in [3.8, 4) is 0 Å². The molecular weight excluding hydrogens is 278 g/mol. The van der Waals surface area contributed by atoms with E-state index in [0.717, 1.165) is 23.9 Å². The van der Waals surface area contributed by atoms with Gasteiger partial charge in [-0.3, -0.25) is 0 Å². The highest BCUT2D eigenvalue weighted by atomic mass is 79.9. The molecule has 2 atom stereocenters. The van der Waals surface area contributed by atoms with Crippen LogP contribution >= 0.6 is 15.9 Å². The molecule has 0 spiro atoms. The largest absolute Gasteiger partial charge is 0.378 e. The van der Waals surface area contributed by atoms with Crippen LogP contribution in [-0.2, 0) is 11.2 Å². The summed E-state index contributed by atoms with van der Waals surface area (Å²) in [6, 6.07) is 8.57. The number of hydrogen-bond donors (Lipinski definition) is 1. The summed E-state index contributed by atoms with van der Waals surface area (Å²) in [5.74, 6) is 0. The Hall–Kier alpha value is -0.380. The van der Waals surface area contributed by atoms with E-state index >= 15 is 0 Å². The average molecular weight is 298 g/mol. The van der Waals surface area contributed by atoms with Gasteiger partial charge in [0.05, 0.1) is 6.10 Å². The van der Waals surface area contributed by atoms with E-state index in [4.69, 9.17) is 10.5 Å². The van der Waals surface area contributed by atoms with Crippen LogP contribution < -0.4 is 5.73 Å². The molecule has 1 aliphatic rings. The van der Waals surface area contributed by atoms with Crippen LogP contribution in [0.2, 0.25) is 0 Å². The van der Waals surface area contributed by atoms with Crippen molar-refractivity contribution in [2.24, 2.45) is 5.73 Å². The summed E-state index contributed by atoms with van der Waals surface area (Å²) in [5, 5.41) is 0. The smallest absolute Gasteiger partial charge is 0.0590 e. The van der Waals surface area contributed by atoms with Crippen LogP contribution in [0.4, 0.5) is 0 Å². The molecular formula is C14H20BrNO. The molecule has 17 heavy (non-hydrogen) atoms. The molecule has 2 unspecified atom stereocenters. The van der Waals surface area contributed by atoms with Gasteiger partial charge in [-0.1, -0.05) is 28.1 Å². The molecule has 2 nitrogen and oxygen atoms in total. The van der Waals surface area contributed by atoms with E-state index < -0.39 is 0 Å². The minimum atomic E-state index is 0.201. The second-order valence-electron chi connectivity index (χ2n) is 4.82. The van der Waals surface area contributed by atoms with Gasteiger partial charge in [0.2, 0.25) is 0 Å². The lowest BCUT2D eigenvalue weighted by Crippen LogP contribution is -2.31. The molecule has 0 saturated carbocycles. The number of ether oxygens (including phenoxy) is 1. The third-order valence-electron chi connectivity index (χ3n) is 3.23. The van der Waals surface area contributed by atoms with E-state index in [1.54, 1.807) is 0 Å². The molecule has 1 saturated heterocycles. The lowest BCUT2D eigenvalue weighted by atomic mass is 9.97. The van der Waals surface area contributed by atoms with E-state index in [9.17, 15) is 0 Å². The number of nitrogens with two attached hydrogens (primary N) is 1. The summed E-state index contributed by atoms with van der Waals surface area (Å²) in [5.41, 5.74) is 7.49. The monoisotopic (exact) mass is 297 g/mol. The first kappa shape index (κ1) is 13.1. The van der Waals surface area contributed by atoms with Gasteiger partial charge < -0.3 is 10.5 Å². The molecule has 94 valence electrons. The Labute approximate surface area is 112 Å². The maximum atomic E-state index is 6.19. The van der Waals surface area contributed by atoms with Crippen LogP contribution in [0.3, 0.4) is 0 Å². The van der Waals surface area contributed by atoms with E-state index in [-0.39, 0.29) is 6.04 Å². The zero-order valence-electron chi connectivity index (χ0n) is 10.1. The first-order valence-electron chi connectivity index (χ1n) is 6.35. The van der Waals surface area contributed by atoms with Gasteiger partial charge in [-0.25, -0.2) is 0 Å². The van der Waals surface area contributed by atoms with Crippen LogP contribution in [0.1, 0.15) is 31.2 Å². The van der Waals surface area contributed by atoms with Crippen LogP contribution in [-0.4, -0.2) is 18.8 Å². The van der Waals surface area contributed by atoms with Crippen molar-refractivity contribution < 1.29 is 4.74 Å². The molecule has 2 rings (SSSR count). The standard InChI is InChI=1S/C14H20BrNO/c15-12-5-3-4-11(8-12)9-13(16)10-14-6-1-2-7-17-14/h3-5,8,13-14H,1-2,6-7,9-10,16H2. The van der Waals surface area contributed by atoms with Crippen LogP contribution in [0.15, 0.2) is 28.7 Å². The zero-order chi connectivity index (χ0) is 12.1. The van der Waals surface area contributed by atoms with Gasteiger partial charge in [-0.15, -0.1) is 0 Å². The highest BCUT2D eigenvalue weighted by Gasteiger charge is 2.17. The Morgan fingerprint density at radius 3 is 3.00 bits per heavy atom. The van der Waals surface area contributed by atoms with Crippen LogP contribution in [0.5, 0.6) is 0 Å². The Bertz CT molecular complexity index is 350. The quantitative estimate of drug-likeness (QED) is 0.926. The minimum absolute atomic E-state index is 0.201. The molecule has 1 heterocycles. The molecule has 1 aliphatic heterocycles. The second kappa shape index (κ2) is 6.53. The molecule has 0 aromatic heterocycles. The fraction of sp³-hybridized carbons (Fsp3) is 0.571. The maximum Gasteiger partial charge on any atom is 0.0590 e.